The standard InChI is InChI=1S/C9H9NO4.ClH/c10-6-4-8-7(13-1-2-14-8)3-5(6)9(11)12;/h3-4H,1-2,10H2,(H,11,12);1H. The molecule has 6 heteroatoms. The molecular weight excluding hydrogens is 222 g/mol. The number of aromatic carboxylic acids is 1. The minimum atomic E-state index is -1.07. The van der Waals surface area contributed by atoms with Crippen molar-refractivity contribution in [1.82, 2.24) is 0 Å². The third kappa shape index (κ3) is 2.07. The van der Waals surface area contributed by atoms with Gasteiger partial charge in [-0.25, -0.2) is 4.79 Å². The Bertz CT molecular complexity index is 394. The Kier molecular flexibility index (Phi) is 3.26. The maximum atomic E-state index is 10.7. The number of nitrogens with two attached hydrogens (primary N) is 1. The summed E-state index contributed by atoms with van der Waals surface area (Å²) in [5.74, 6) is -0.138. The number of ether oxygens (including phenoxy) is 2. The molecule has 1 aromatic rings. The molecule has 0 aromatic heterocycles. The SMILES string of the molecule is Cl.Nc1cc2c(cc1C(=O)O)OCCO2. The summed E-state index contributed by atoms with van der Waals surface area (Å²) in [5, 5.41) is 8.79. The number of benzene rings is 1. The Morgan fingerprint density at radius 2 is 1.80 bits per heavy atom. The summed E-state index contributed by atoms with van der Waals surface area (Å²) in [6.07, 6.45) is 0. The second-order valence-corrected chi connectivity index (χ2v) is 2.89. The largest absolute Gasteiger partial charge is 0.486 e. The Hall–Kier alpha value is -1.62. The molecule has 1 aliphatic heterocycles. The summed E-state index contributed by atoms with van der Waals surface area (Å²) in [5.41, 5.74) is 5.75. The molecule has 0 amide bonds. The Morgan fingerprint density at radius 1 is 1.27 bits per heavy atom. The van der Waals surface area contributed by atoms with Crippen molar-refractivity contribution in [3.63, 3.8) is 0 Å². The first-order valence-electron chi connectivity index (χ1n) is 4.11. The molecule has 0 atom stereocenters. The number of carboxylic acids is 1. The highest BCUT2D eigenvalue weighted by Gasteiger charge is 2.17. The normalized spacial score (nSPS) is 12.8. The fourth-order valence-electron chi connectivity index (χ4n) is 1.29. The number of carboxylic acid groups (broad SMARTS) is 1. The van der Waals surface area contributed by atoms with Gasteiger partial charge in [0.1, 0.15) is 13.2 Å². The van der Waals surface area contributed by atoms with Gasteiger partial charge in [-0.1, -0.05) is 0 Å². The minimum Gasteiger partial charge on any atom is -0.486 e. The van der Waals surface area contributed by atoms with Gasteiger partial charge >= 0.3 is 5.97 Å². The maximum absolute atomic E-state index is 10.7. The van der Waals surface area contributed by atoms with E-state index in [2.05, 4.69) is 0 Å². The van der Waals surface area contributed by atoms with E-state index in [-0.39, 0.29) is 23.7 Å². The number of fused-ring (bicyclic) bond motifs is 1. The fourth-order valence-corrected chi connectivity index (χ4v) is 1.29. The van der Waals surface area contributed by atoms with Crippen LogP contribution in [0.3, 0.4) is 0 Å². The first kappa shape index (κ1) is 11.5. The number of carbonyl (C=O) groups is 1. The summed E-state index contributed by atoms with van der Waals surface area (Å²) >= 11 is 0. The van der Waals surface area contributed by atoms with Gasteiger partial charge in [0.15, 0.2) is 11.5 Å². The molecule has 15 heavy (non-hydrogen) atoms. The average Bonchev–Trinajstić information content (AvgIpc) is 2.16. The summed E-state index contributed by atoms with van der Waals surface area (Å²) in [7, 11) is 0. The van der Waals surface area contributed by atoms with E-state index in [0.29, 0.717) is 24.7 Å². The predicted octanol–water partition coefficient (Wildman–Crippen LogP) is 1.16. The molecule has 1 aromatic carbocycles. The first-order chi connectivity index (χ1) is 6.68. The molecule has 0 saturated heterocycles. The van der Waals surface area contributed by atoms with Gasteiger partial charge in [0.25, 0.3) is 0 Å². The van der Waals surface area contributed by atoms with E-state index in [1.165, 1.54) is 12.1 Å². The van der Waals surface area contributed by atoms with E-state index in [0.717, 1.165) is 0 Å². The van der Waals surface area contributed by atoms with Crippen LogP contribution >= 0.6 is 12.4 Å². The van der Waals surface area contributed by atoms with Crippen LogP contribution in [0.2, 0.25) is 0 Å². The third-order valence-electron chi connectivity index (χ3n) is 1.94. The third-order valence-corrected chi connectivity index (χ3v) is 1.94. The molecule has 0 aliphatic carbocycles. The molecule has 1 aliphatic rings. The van der Waals surface area contributed by atoms with Crippen molar-refractivity contribution >= 4 is 24.1 Å². The molecule has 0 fully saturated rings. The van der Waals surface area contributed by atoms with Gasteiger partial charge in [0.2, 0.25) is 0 Å². The average molecular weight is 232 g/mol. The lowest BCUT2D eigenvalue weighted by atomic mass is 10.1. The van der Waals surface area contributed by atoms with Crippen molar-refractivity contribution < 1.29 is 19.4 Å². The highest BCUT2D eigenvalue weighted by atomic mass is 35.5. The highest BCUT2D eigenvalue weighted by molar-refractivity contribution is 5.94. The van der Waals surface area contributed by atoms with Crippen molar-refractivity contribution in [3.05, 3.63) is 17.7 Å². The van der Waals surface area contributed by atoms with Crippen LogP contribution in [0.4, 0.5) is 5.69 Å². The van der Waals surface area contributed by atoms with E-state index in [1.54, 1.807) is 0 Å². The number of hydrogen-bond acceptors (Lipinski definition) is 4. The molecule has 0 spiro atoms. The summed E-state index contributed by atoms with van der Waals surface area (Å²) in [6, 6.07) is 2.85. The lowest BCUT2D eigenvalue weighted by Gasteiger charge is -2.19. The van der Waals surface area contributed by atoms with Crippen LogP contribution in [0, 0.1) is 0 Å². The van der Waals surface area contributed by atoms with Crippen LogP contribution in [0.1, 0.15) is 10.4 Å². The molecule has 2 rings (SSSR count). The van der Waals surface area contributed by atoms with Crippen LogP contribution in [-0.2, 0) is 0 Å². The summed E-state index contributed by atoms with van der Waals surface area (Å²) in [6.45, 7) is 0.884. The molecule has 0 saturated carbocycles. The number of halogens is 1. The van der Waals surface area contributed by atoms with Gasteiger partial charge in [-0.3, -0.25) is 0 Å². The van der Waals surface area contributed by atoms with Gasteiger partial charge in [-0.05, 0) is 0 Å². The van der Waals surface area contributed by atoms with Crippen LogP contribution < -0.4 is 15.2 Å². The van der Waals surface area contributed by atoms with Crippen molar-refractivity contribution in [3.8, 4) is 11.5 Å². The smallest absolute Gasteiger partial charge is 0.337 e. The molecule has 0 bridgehead atoms. The Balaban J connectivity index is 0.00000112. The monoisotopic (exact) mass is 231 g/mol. The van der Waals surface area contributed by atoms with Crippen molar-refractivity contribution in [2.75, 3.05) is 18.9 Å². The van der Waals surface area contributed by atoms with Crippen LogP contribution in [0.25, 0.3) is 0 Å². The zero-order valence-corrected chi connectivity index (χ0v) is 8.54. The fraction of sp³-hybridized carbons (Fsp3) is 0.222. The Labute approximate surface area is 92.2 Å². The molecular formula is C9H10ClNO4. The molecule has 0 radical (unpaired) electrons. The molecule has 0 unspecified atom stereocenters. The van der Waals surface area contributed by atoms with Gasteiger partial charge < -0.3 is 20.3 Å². The molecule has 5 nitrogen and oxygen atoms in total. The number of nitrogen functional groups attached to an aromatic ring is 1. The van der Waals surface area contributed by atoms with Crippen molar-refractivity contribution in [2.45, 2.75) is 0 Å². The topological polar surface area (TPSA) is 81.8 Å². The van der Waals surface area contributed by atoms with Crippen LogP contribution in [-0.4, -0.2) is 24.3 Å². The first-order valence-corrected chi connectivity index (χ1v) is 4.11. The van der Waals surface area contributed by atoms with Crippen LogP contribution in [0.15, 0.2) is 12.1 Å². The zero-order valence-electron chi connectivity index (χ0n) is 7.73. The lowest BCUT2D eigenvalue weighted by Crippen LogP contribution is -2.16. The van der Waals surface area contributed by atoms with Crippen molar-refractivity contribution in [1.29, 1.82) is 0 Å². The van der Waals surface area contributed by atoms with Crippen molar-refractivity contribution in [2.24, 2.45) is 0 Å². The predicted molar refractivity (Wildman–Crippen MR) is 56.1 cm³/mol. The highest BCUT2D eigenvalue weighted by Crippen LogP contribution is 2.34. The molecule has 1 heterocycles. The van der Waals surface area contributed by atoms with Crippen LogP contribution in [0.5, 0.6) is 11.5 Å². The van der Waals surface area contributed by atoms with E-state index in [1.807, 2.05) is 0 Å². The maximum Gasteiger partial charge on any atom is 0.337 e. The van der Waals surface area contributed by atoms with Gasteiger partial charge in [0, 0.05) is 12.1 Å². The second kappa shape index (κ2) is 4.27. The zero-order chi connectivity index (χ0) is 10.1. The van der Waals surface area contributed by atoms with E-state index >= 15 is 0 Å². The number of hydrogen-bond donors (Lipinski definition) is 2. The minimum absolute atomic E-state index is 0. The van der Waals surface area contributed by atoms with E-state index in [4.69, 9.17) is 20.3 Å². The van der Waals surface area contributed by atoms with Gasteiger partial charge in [-0.2, -0.15) is 0 Å². The second-order valence-electron chi connectivity index (χ2n) is 2.89. The van der Waals surface area contributed by atoms with Gasteiger partial charge in [0.05, 0.1) is 11.3 Å². The number of rotatable bonds is 1. The molecule has 82 valence electrons. The Morgan fingerprint density at radius 3 is 2.33 bits per heavy atom. The molecule has 3 N–H and O–H groups in total. The lowest BCUT2D eigenvalue weighted by molar-refractivity contribution is 0.0697. The van der Waals surface area contributed by atoms with E-state index in [9.17, 15) is 4.79 Å². The number of anilines is 1. The summed E-state index contributed by atoms with van der Waals surface area (Å²) in [4.78, 5) is 10.7. The quantitative estimate of drug-likeness (QED) is 0.709. The summed E-state index contributed by atoms with van der Waals surface area (Å²) < 4.78 is 10.5. The van der Waals surface area contributed by atoms with E-state index < -0.39 is 5.97 Å². The van der Waals surface area contributed by atoms with Gasteiger partial charge in [-0.15, -0.1) is 12.4 Å².